The molecule has 0 spiro atoms. The third kappa shape index (κ3) is 2.72. The number of ether oxygens (including phenoxy) is 2. The van der Waals surface area contributed by atoms with Crippen LogP contribution < -0.4 is 15.0 Å². The van der Waals surface area contributed by atoms with Crippen LogP contribution in [-0.4, -0.2) is 28.2 Å². The number of halogens is 1. The molecule has 0 aliphatic carbocycles. The molecule has 2 rings (SSSR count). The highest BCUT2D eigenvalue weighted by atomic mass is 35.5. The lowest BCUT2D eigenvalue weighted by Crippen LogP contribution is -2.08. The highest BCUT2D eigenvalue weighted by Gasteiger charge is 2.14. The SMILES string of the molecule is COc1cc(C(=O)O)ccc1Oc1nc[nH]c(=O)c1Cl. The van der Waals surface area contributed by atoms with E-state index in [9.17, 15) is 9.59 Å². The molecule has 7 nitrogen and oxygen atoms in total. The van der Waals surface area contributed by atoms with Gasteiger partial charge in [0.2, 0.25) is 5.88 Å². The summed E-state index contributed by atoms with van der Waals surface area (Å²) in [6, 6.07) is 4.02. The molecule has 0 aliphatic rings. The number of carboxylic acids is 1. The van der Waals surface area contributed by atoms with Crippen LogP contribution in [-0.2, 0) is 0 Å². The summed E-state index contributed by atoms with van der Waals surface area (Å²) in [5, 5.41) is 8.68. The zero-order valence-electron chi connectivity index (χ0n) is 10.2. The minimum atomic E-state index is -1.10. The molecule has 0 amide bonds. The molecule has 2 N–H and O–H groups in total. The number of aromatic carboxylic acids is 1. The largest absolute Gasteiger partial charge is 0.493 e. The molecule has 1 aromatic carbocycles. The molecule has 0 fully saturated rings. The number of nitrogens with zero attached hydrogens (tertiary/aromatic N) is 1. The van der Waals surface area contributed by atoms with Crippen molar-refractivity contribution in [3.63, 3.8) is 0 Å². The zero-order chi connectivity index (χ0) is 14.7. The van der Waals surface area contributed by atoms with Crippen LogP contribution in [0.25, 0.3) is 0 Å². The molecule has 0 aliphatic heterocycles. The van der Waals surface area contributed by atoms with Crippen LogP contribution in [0.5, 0.6) is 17.4 Å². The van der Waals surface area contributed by atoms with Crippen LogP contribution in [0.2, 0.25) is 5.02 Å². The van der Waals surface area contributed by atoms with Gasteiger partial charge in [-0.25, -0.2) is 9.78 Å². The van der Waals surface area contributed by atoms with Gasteiger partial charge in [-0.15, -0.1) is 0 Å². The predicted octanol–water partition coefficient (Wildman–Crippen LogP) is 1.92. The number of hydrogen-bond donors (Lipinski definition) is 2. The number of carboxylic acid groups (broad SMARTS) is 1. The van der Waals surface area contributed by atoms with Crippen molar-refractivity contribution in [2.75, 3.05) is 7.11 Å². The maximum atomic E-state index is 11.3. The normalized spacial score (nSPS) is 10.1. The van der Waals surface area contributed by atoms with Gasteiger partial charge in [-0.1, -0.05) is 11.6 Å². The van der Waals surface area contributed by atoms with Crippen LogP contribution in [0, 0.1) is 0 Å². The summed E-state index contributed by atoms with van der Waals surface area (Å²) in [6.07, 6.45) is 1.14. The summed E-state index contributed by atoms with van der Waals surface area (Å²) in [7, 11) is 1.36. The van der Waals surface area contributed by atoms with E-state index in [4.69, 9.17) is 26.2 Å². The molecule has 20 heavy (non-hydrogen) atoms. The molecule has 1 heterocycles. The van der Waals surface area contributed by atoms with Crippen molar-refractivity contribution in [2.24, 2.45) is 0 Å². The number of hydrogen-bond acceptors (Lipinski definition) is 5. The van der Waals surface area contributed by atoms with Crippen LogP contribution in [0.3, 0.4) is 0 Å². The van der Waals surface area contributed by atoms with E-state index in [1.165, 1.54) is 25.3 Å². The summed E-state index contributed by atoms with van der Waals surface area (Å²) in [4.78, 5) is 28.3. The summed E-state index contributed by atoms with van der Waals surface area (Å²) in [5.41, 5.74) is -0.503. The molecule has 0 bridgehead atoms. The average molecular weight is 297 g/mol. The number of nitrogens with one attached hydrogen (secondary N) is 1. The van der Waals surface area contributed by atoms with Gasteiger partial charge in [-0.2, -0.15) is 0 Å². The first-order valence-electron chi connectivity index (χ1n) is 5.35. The molecule has 8 heteroatoms. The molecule has 1 aromatic heterocycles. The van der Waals surface area contributed by atoms with Crippen molar-refractivity contribution in [1.82, 2.24) is 9.97 Å². The predicted molar refractivity (Wildman–Crippen MR) is 69.9 cm³/mol. The second kappa shape index (κ2) is 5.62. The van der Waals surface area contributed by atoms with Gasteiger partial charge in [-0.3, -0.25) is 4.79 Å². The minimum absolute atomic E-state index is 0.0409. The molecular formula is C12H9ClN2O5. The quantitative estimate of drug-likeness (QED) is 0.894. The number of carbonyl (C=O) groups is 1. The minimum Gasteiger partial charge on any atom is -0.493 e. The van der Waals surface area contributed by atoms with Crippen molar-refractivity contribution in [3.8, 4) is 17.4 Å². The highest BCUT2D eigenvalue weighted by molar-refractivity contribution is 6.31. The number of benzene rings is 1. The monoisotopic (exact) mass is 296 g/mol. The molecule has 2 aromatic rings. The first-order chi connectivity index (χ1) is 9.52. The molecule has 0 saturated carbocycles. The van der Waals surface area contributed by atoms with E-state index in [0.717, 1.165) is 6.33 Å². The zero-order valence-corrected chi connectivity index (χ0v) is 11.0. The number of aromatic nitrogens is 2. The van der Waals surface area contributed by atoms with Crippen molar-refractivity contribution in [3.05, 3.63) is 45.5 Å². The molecule has 0 radical (unpaired) electrons. The fraction of sp³-hybridized carbons (Fsp3) is 0.0833. The second-order valence-corrected chi connectivity index (χ2v) is 4.00. The summed E-state index contributed by atoms with van der Waals surface area (Å²) < 4.78 is 10.4. The lowest BCUT2D eigenvalue weighted by atomic mass is 10.2. The molecule has 104 valence electrons. The van der Waals surface area contributed by atoms with Gasteiger partial charge >= 0.3 is 5.97 Å². The van der Waals surface area contributed by atoms with E-state index >= 15 is 0 Å². The highest BCUT2D eigenvalue weighted by Crippen LogP contribution is 2.33. The number of H-pyrrole nitrogens is 1. The van der Waals surface area contributed by atoms with E-state index < -0.39 is 11.5 Å². The number of aromatic amines is 1. The van der Waals surface area contributed by atoms with E-state index in [2.05, 4.69) is 9.97 Å². The maximum absolute atomic E-state index is 11.3. The standard InChI is InChI=1S/C12H9ClN2O5/c1-19-8-4-6(12(17)18)2-3-7(8)20-11-9(13)10(16)14-5-15-11/h2-5H,1H3,(H,17,18)(H,14,15,16). The fourth-order valence-electron chi connectivity index (χ4n) is 1.43. The second-order valence-electron chi connectivity index (χ2n) is 3.62. The third-order valence-corrected chi connectivity index (χ3v) is 2.72. The fourth-order valence-corrected chi connectivity index (χ4v) is 1.57. The van der Waals surface area contributed by atoms with Gasteiger partial charge in [-0.05, 0) is 18.2 Å². The van der Waals surface area contributed by atoms with Crippen LogP contribution in [0.1, 0.15) is 10.4 Å². The Bertz CT molecular complexity index is 713. The van der Waals surface area contributed by atoms with Gasteiger partial charge in [0.05, 0.1) is 19.0 Å². The molecule has 0 atom stereocenters. The van der Waals surface area contributed by atoms with Crippen molar-refractivity contribution >= 4 is 17.6 Å². The summed E-state index contributed by atoms with van der Waals surface area (Å²) >= 11 is 5.75. The van der Waals surface area contributed by atoms with Crippen LogP contribution in [0.4, 0.5) is 0 Å². The summed E-state index contributed by atoms with van der Waals surface area (Å²) in [6.45, 7) is 0. The molecule has 0 saturated heterocycles. The topological polar surface area (TPSA) is 102 Å². The Labute approximate surface area is 117 Å². The Hall–Kier alpha value is -2.54. The van der Waals surface area contributed by atoms with Crippen molar-refractivity contribution in [2.45, 2.75) is 0 Å². The summed E-state index contributed by atoms with van der Waals surface area (Å²) in [5.74, 6) is -0.820. The Morgan fingerprint density at radius 3 is 2.80 bits per heavy atom. The van der Waals surface area contributed by atoms with E-state index in [1.54, 1.807) is 0 Å². The van der Waals surface area contributed by atoms with Crippen molar-refractivity contribution < 1.29 is 19.4 Å². The van der Waals surface area contributed by atoms with Gasteiger partial charge in [0.1, 0.15) is 0 Å². The third-order valence-electron chi connectivity index (χ3n) is 2.38. The first kappa shape index (κ1) is 13.9. The molecular weight excluding hydrogens is 288 g/mol. The van der Waals surface area contributed by atoms with E-state index in [1.807, 2.05) is 0 Å². The van der Waals surface area contributed by atoms with E-state index in [0.29, 0.717) is 0 Å². The Kier molecular flexibility index (Phi) is 3.90. The van der Waals surface area contributed by atoms with Gasteiger partial charge < -0.3 is 19.6 Å². The van der Waals surface area contributed by atoms with Crippen LogP contribution in [0.15, 0.2) is 29.3 Å². The van der Waals surface area contributed by atoms with Gasteiger partial charge in [0.15, 0.2) is 16.5 Å². The molecule has 0 unspecified atom stereocenters. The Balaban J connectivity index is 2.41. The number of rotatable bonds is 4. The van der Waals surface area contributed by atoms with Crippen molar-refractivity contribution in [1.29, 1.82) is 0 Å². The lowest BCUT2D eigenvalue weighted by Gasteiger charge is -2.10. The average Bonchev–Trinajstić information content (AvgIpc) is 2.44. The smallest absolute Gasteiger partial charge is 0.335 e. The lowest BCUT2D eigenvalue weighted by molar-refractivity contribution is 0.0696. The Morgan fingerprint density at radius 1 is 1.40 bits per heavy atom. The Morgan fingerprint density at radius 2 is 2.15 bits per heavy atom. The van der Waals surface area contributed by atoms with Crippen LogP contribution >= 0.6 is 11.6 Å². The van der Waals surface area contributed by atoms with Gasteiger partial charge in [0, 0.05) is 0 Å². The van der Waals surface area contributed by atoms with E-state index in [-0.39, 0.29) is 28.0 Å². The first-order valence-corrected chi connectivity index (χ1v) is 5.73. The van der Waals surface area contributed by atoms with Gasteiger partial charge in [0.25, 0.3) is 5.56 Å². The number of methoxy groups -OCH3 is 1. The maximum Gasteiger partial charge on any atom is 0.335 e.